The van der Waals surface area contributed by atoms with Gasteiger partial charge in [-0.05, 0) is 30.7 Å². The largest absolute Gasteiger partial charge is 0.295 e. The molecule has 0 aliphatic carbocycles. The smallest absolute Gasteiger partial charge is 0.282 e. The quantitative estimate of drug-likeness (QED) is 0.433. The second-order valence-electron chi connectivity index (χ2n) is 6.56. The number of rotatable bonds is 3. The van der Waals surface area contributed by atoms with E-state index in [9.17, 15) is 25.9 Å². The van der Waals surface area contributed by atoms with Gasteiger partial charge in [-0.1, -0.05) is 30.3 Å². The summed E-state index contributed by atoms with van der Waals surface area (Å²) in [5, 5.41) is 1.02. The fraction of sp³-hybridized carbons (Fsp3) is 0.0588. The van der Waals surface area contributed by atoms with Gasteiger partial charge in [0.05, 0.1) is 10.6 Å². The Kier molecular flexibility index (Phi) is 3.17. The lowest BCUT2D eigenvalue weighted by Crippen LogP contribution is -2.02. The van der Waals surface area contributed by atoms with Gasteiger partial charge < -0.3 is 0 Å². The van der Waals surface area contributed by atoms with Crippen LogP contribution in [0.15, 0.2) is 58.3 Å². The molecular formula is C17H13N3O6S2. The van der Waals surface area contributed by atoms with E-state index in [-0.39, 0.29) is 9.79 Å². The van der Waals surface area contributed by atoms with E-state index in [2.05, 4.69) is 0 Å². The molecule has 0 fully saturated rings. The molecule has 0 saturated carbocycles. The summed E-state index contributed by atoms with van der Waals surface area (Å²) in [5.41, 5.74) is 2.17. The first-order chi connectivity index (χ1) is 13.1. The average molecular weight is 419 g/mol. The van der Waals surface area contributed by atoms with Gasteiger partial charge >= 0.3 is 0 Å². The number of aromatic nitrogens is 3. The molecule has 144 valence electrons. The molecule has 0 bridgehead atoms. The van der Waals surface area contributed by atoms with E-state index in [4.69, 9.17) is 0 Å². The SMILES string of the molecule is Cc1ccc(-n2n3c4cc(S(=O)(=O)O)c5ccccc5c4n23)cc1S(=O)(=O)O. The van der Waals surface area contributed by atoms with Gasteiger partial charge in [0.2, 0.25) is 0 Å². The molecule has 0 unspecified atom stereocenters. The van der Waals surface area contributed by atoms with Crippen molar-refractivity contribution in [3.05, 3.63) is 54.1 Å². The molecule has 3 aromatic carbocycles. The van der Waals surface area contributed by atoms with E-state index in [0.717, 1.165) is 5.52 Å². The molecule has 2 aromatic heterocycles. The van der Waals surface area contributed by atoms with Crippen molar-refractivity contribution in [3.8, 4) is 5.69 Å². The summed E-state index contributed by atoms with van der Waals surface area (Å²) >= 11 is 0. The zero-order valence-electron chi connectivity index (χ0n) is 14.3. The standard InChI is InChI=1S/C17H13N3O6S2/c1-10-6-7-11(8-15(10)27(21,22)23)18-19-14-9-16(28(24,25)26)12-4-2-3-5-13(12)17(14)20(18)19/h2-9H,1H3,(H,21,22,23)(H,24,25,26). The van der Waals surface area contributed by atoms with Crippen LogP contribution in [0.5, 0.6) is 0 Å². The van der Waals surface area contributed by atoms with Crippen LogP contribution in [0.1, 0.15) is 5.56 Å². The number of fused-ring (bicyclic) bond motifs is 6. The van der Waals surface area contributed by atoms with Crippen molar-refractivity contribution in [2.24, 2.45) is 0 Å². The predicted octanol–water partition coefficient (Wildman–Crippen LogP) is 2.38. The highest BCUT2D eigenvalue weighted by molar-refractivity contribution is 7.86. The van der Waals surface area contributed by atoms with Gasteiger partial charge in [-0.15, -0.1) is 9.26 Å². The maximum absolute atomic E-state index is 11.8. The van der Waals surface area contributed by atoms with Crippen molar-refractivity contribution < 1.29 is 25.9 Å². The lowest BCUT2D eigenvalue weighted by Gasteiger charge is -2.07. The maximum Gasteiger partial charge on any atom is 0.295 e. The Labute approximate surface area is 158 Å². The van der Waals surface area contributed by atoms with Gasteiger partial charge in [-0.2, -0.15) is 21.6 Å². The lowest BCUT2D eigenvalue weighted by molar-refractivity contribution is 0.481. The van der Waals surface area contributed by atoms with Gasteiger partial charge in [-0.3, -0.25) is 9.11 Å². The van der Waals surface area contributed by atoms with E-state index in [0.29, 0.717) is 27.5 Å². The Morgan fingerprint density at radius 1 is 0.786 bits per heavy atom. The van der Waals surface area contributed by atoms with E-state index in [1.54, 1.807) is 57.4 Å². The molecule has 28 heavy (non-hydrogen) atoms. The third-order valence-corrected chi connectivity index (χ3v) is 6.73. The molecule has 0 atom stereocenters. The number of aryl methyl sites for hydroxylation is 1. The molecule has 2 N–H and O–H groups in total. The molecule has 5 aromatic rings. The molecule has 0 spiro atoms. The van der Waals surface area contributed by atoms with Crippen LogP contribution in [0, 0.1) is 6.92 Å². The number of hydrogen-bond acceptors (Lipinski definition) is 4. The summed E-state index contributed by atoms with van der Waals surface area (Å²) in [5.74, 6) is 0. The molecule has 11 heteroatoms. The predicted molar refractivity (Wildman–Crippen MR) is 101 cm³/mol. The zero-order chi connectivity index (χ0) is 20.0. The third kappa shape index (κ3) is 2.24. The zero-order valence-corrected chi connectivity index (χ0v) is 15.9. The maximum atomic E-state index is 11.8. The first kappa shape index (κ1) is 17.3. The van der Waals surface area contributed by atoms with E-state index in [1.807, 2.05) is 0 Å². The van der Waals surface area contributed by atoms with Gasteiger partial charge in [-0.25, -0.2) is 0 Å². The molecule has 5 rings (SSSR count). The highest BCUT2D eigenvalue weighted by Gasteiger charge is 2.30. The highest BCUT2D eigenvalue weighted by atomic mass is 32.2. The van der Waals surface area contributed by atoms with Crippen molar-refractivity contribution in [1.29, 1.82) is 0 Å². The van der Waals surface area contributed by atoms with Gasteiger partial charge in [0.25, 0.3) is 20.2 Å². The van der Waals surface area contributed by atoms with Crippen LogP contribution in [0.2, 0.25) is 0 Å². The minimum Gasteiger partial charge on any atom is -0.282 e. The molecule has 0 saturated heterocycles. The third-order valence-electron chi connectivity index (χ3n) is 4.84. The fourth-order valence-corrected chi connectivity index (χ4v) is 5.04. The summed E-state index contributed by atoms with van der Waals surface area (Å²) in [4.78, 5) is 1.24. The molecule has 2 heterocycles. The molecule has 0 aliphatic heterocycles. The Hall–Kier alpha value is -2.86. The Bertz CT molecular complexity index is 1620. The van der Waals surface area contributed by atoms with Gasteiger partial charge in [0, 0.05) is 10.8 Å². The minimum absolute atomic E-state index is 0.198. The fourth-order valence-electron chi connectivity index (χ4n) is 3.57. The molecular weight excluding hydrogens is 406 g/mol. The van der Waals surface area contributed by atoms with Crippen LogP contribution in [-0.2, 0) is 20.2 Å². The molecule has 9 nitrogen and oxygen atoms in total. The lowest BCUT2D eigenvalue weighted by atomic mass is 10.1. The van der Waals surface area contributed by atoms with Gasteiger partial charge in [0.15, 0.2) is 0 Å². The number of benzene rings is 3. The van der Waals surface area contributed by atoms with Crippen LogP contribution in [0.3, 0.4) is 0 Å². The summed E-state index contributed by atoms with van der Waals surface area (Å²) < 4.78 is 69.2. The summed E-state index contributed by atoms with van der Waals surface area (Å²) in [6.45, 7) is 1.57. The van der Waals surface area contributed by atoms with Crippen LogP contribution >= 0.6 is 0 Å². The normalized spacial score (nSPS) is 13.4. The highest BCUT2D eigenvalue weighted by Crippen LogP contribution is 2.36. The Morgan fingerprint density at radius 2 is 1.43 bits per heavy atom. The van der Waals surface area contributed by atoms with Crippen LogP contribution in [0.4, 0.5) is 0 Å². The minimum atomic E-state index is -4.43. The van der Waals surface area contributed by atoms with E-state index < -0.39 is 20.2 Å². The van der Waals surface area contributed by atoms with Crippen LogP contribution < -0.4 is 0 Å². The number of nitrogens with zero attached hydrogens (tertiary/aromatic N) is 3. The van der Waals surface area contributed by atoms with E-state index >= 15 is 0 Å². The summed E-state index contributed by atoms with van der Waals surface area (Å²) in [6.07, 6.45) is 0. The monoisotopic (exact) mass is 419 g/mol. The van der Waals surface area contributed by atoms with Crippen molar-refractivity contribution >= 4 is 42.0 Å². The van der Waals surface area contributed by atoms with Gasteiger partial charge in [0.1, 0.15) is 15.9 Å². The van der Waals surface area contributed by atoms with Crippen molar-refractivity contribution in [2.45, 2.75) is 16.7 Å². The van der Waals surface area contributed by atoms with E-state index in [1.165, 1.54) is 12.1 Å². The first-order valence-electron chi connectivity index (χ1n) is 8.10. The first-order valence-corrected chi connectivity index (χ1v) is 11.0. The van der Waals surface area contributed by atoms with Crippen LogP contribution in [0.25, 0.3) is 27.5 Å². The Balaban J connectivity index is 1.82. The summed E-state index contributed by atoms with van der Waals surface area (Å²) in [7, 11) is -8.81. The average Bonchev–Trinajstić information content (AvgIpc) is 3.24. The summed E-state index contributed by atoms with van der Waals surface area (Å²) in [6, 6.07) is 12.8. The second-order valence-corrected chi connectivity index (χ2v) is 9.34. The molecule has 0 radical (unpaired) electrons. The molecule has 0 aliphatic rings. The number of hydrogen-bond donors (Lipinski definition) is 2. The van der Waals surface area contributed by atoms with Crippen molar-refractivity contribution in [1.82, 2.24) is 14.1 Å². The van der Waals surface area contributed by atoms with Crippen molar-refractivity contribution in [3.63, 3.8) is 0 Å². The topological polar surface area (TPSA) is 122 Å². The second kappa shape index (κ2) is 5.14. The van der Waals surface area contributed by atoms with Crippen molar-refractivity contribution in [2.75, 3.05) is 0 Å². The molecule has 0 amide bonds. The Morgan fingerprint density at radius 3 is 2.07 bits per heavy atom. The van der Waals surface area contributed by atoms with Crippen LogP contribution in [-0.4, -0.2) is 40.0 Å².